The third kappa shape index (κ3) is 3.23. The van der Waals surface area contributed by atoms with Gasteiger partial charge in [0, 0.05) is 27.2 Å². The SMILES string of the molecule is CCC(C(=O)O)c1c(C)n(C(=O)c2ccc(Br)cc2)c2cc(F)c(O)cc12. The van der Waals surface area contributed by atoms with Crippen molar-refractivity contribution in [3.63, 3.8) is 0 Å². The molecule has 0 bridgehead atoms. The molecule has 140 valence electrons. The summed E-state index contributed by atoms with van der Waals surface area (Å²) in [6.07, 6.45) is 0.292. The van der Waals surface area contributed by atoms with Crippen molar-refractivity contribution in [1.29, 1.82) is 0 Å². The van der Waals surface area contributed by atoms with Crippen molar-refractivity contribution in [2.75, 3.05) is 0 Å². The molecule has 1 heterocycles. The maximum atomic E-state index is 14.0. The van der Waals surface area contributed by atoms with Crippen molar-refractivity contribution >= 4 is 38.7 Å². The molecule has 0 saturated carbocycles. The second-order valence-electron chi connectivity index (χ2n) is 6.27. The zero-order chi connectivity index (χ0) is 19.9. The van der Waals surface area contributed by atoms with Crippen LogP contribution in [0.4, 0.5) is 4.39 Å². The van der Waals surface area contributed by atoms with E-state index in [4.69, 9.17) is 0 Å². The first-order chi connectivity index (χ1) is 12.8. The Kier molecular flexibility index (Phi) is 5.06. The van der Waals surface area contributed by atoms with E-state index in [1.165, 1.54) is 10.6 Å². The molecule has 0 saturated heterocycles. The van der Waals surface area contributed by atoms with Gasteiger partial charge in [-0.2, -0.15) is 0 Å². The summed E-state index contributed by atoms with van der Waals surface area (Å²) in [7, 11) is 0. The number of rotatable bonds is 4. The zero-order valence-electron chi connectivity index (χ0n) is 14.7. The first-order valence-electron chi connectivity index (χ1n) is 8.32. The molecule has 2 aromatic carbocycles. The minimum atomic E-state index is -1.04. The first-order valence-corrected chi connectivity index (χ1v) is 9.12. The van der Waals surface area contributed by atoms with Gasteiger partial charge in [-0.15, -0.1) is 0 Å². The van der Waals surface area contributed by atoms with Crippen LogP contribution in [0, 0.1) is 12.7 Å². The van der Waals surface area contributed by atoms with Crippen molar-refractivity contribution in [2.45, 2.75) is 26.2 Å². The Morgan fingerprint density at radius 1 is 1.22 bits per heavy atom. The molecule has 5 nitrogen and oxygen atoms in total. The van der Waals surface area contributed by atoms with E-state index >= 15 is 0 Å². The molecule has 7 heteroatoms. The molecular formula is C20H17BrFNO4. The van der Waals surface area contributed by atoms with Gasteiger partial charge in [-0.25, -0.2) is 4.39 Å². The molecule has 0 radical (unpaired) electrons. The van der Waals surface area contributed by atoms with Crippen LogP contribution in [0.5, 0.6) is 5.75 Å². The summed E-state index contributed by atoms with van der Waals surface area (Å²) in [6, 6.07) is 8.93. The topological polar surface area (TPSA) is 79.5 Å². The van der Waals surface area contributed by atoms with Gasteiger partial charge in [-0.1, -0.05) is 22.9 Å². The molecule has 0 aliphatic rings. The molecule has 0 fully saturated rings. The minimum absolute atomic E-state index is 0.227. The fourth-order valence-corrected chi connectivity index (χ4v) is 3.64. The maximum absolute atomic E-state index is 14.0. The van der Waals surface area contributed by atoms with Crippen LogP contribution in [0.3, 0.4) is 0 Å². The maximum Gasteiger partial charge on any atom is 0.311 e. The van der Waals surface area contributed by atoms with E-state index in [1.807, 2.05) is 0 Å². The molecule has 0 aliphatic carbocycles. The second-order valence-corrected chi connectivity index (χ2v) is 7.18. The van der Waals surface area contributed by atoms with Gasteiger partial charge >= 0.3 is 5.97 Å². The summed E-state index contributed by atoms with van der Waals surface area (Å²) in [5.41, 5.74) is 1.42. The number of carbonyl (C=O) groups excluding carboxylic acids is 1. The number of carbonyl (C=O) groups is 2. The Morgan fingerprint density at radius 2 is 1.85 bits per heavy atom. The lowest BCUT2D eigenvalue weighted by Gasteiger charge is -2.12. The summed E-state index contributed by atoms with van der Waals surface area (Å²) < 4.78 is 16.1. The number of aromatic nitrogens is 1. The van der Waals surface area contributed by atoms with Crippen LogP contribution in [0.2, 0.25) is 0 Å². The third-order valence-corrected chi connectivity index (χ3v) is 5.20. The number of hydrogen-bond donors (Lipinski definition) is 2. The molecule has 1 aromatic heterocycles. The van der Waals surface area contributed by atoms with Crippen LogP contribution < -0.4 is 0 Å². The number of aromatic hydroxyl groups is 1. The number of carboxylic acid groups (broad SMARTS) is 1. The largest absolute Gasteiger partial charge is 0.505 e. The van der Waals surface area contributed by atoms with Crippen molar-refractivity contribution in [2.24, 2.45) is 0 Å². The van der Waals surface area contributed by atoms with E-state index in [0.717, 1.165) is 10.5 Å². The van der Waals surface area contributed by atoms with E-state index < -0.39 is 29.4 Å². The molecule has 1 atom stereocenters. The van der Waals surface area contributed by atoms with E-state index in [0.29, 0.717) is 28.6 Å². The van der Waals surface area contributed by atoms with Gasteiger partial charge in [0.15, 0.2) is 11.6 Å². The zero-order valence-corrected chi connectivity index (χ0v) is 16.2. The molecule has 27 heavy (non-hydrogen) atoms. The van der Waals surface area contributed by atoms with Crippen molar-refractivity contribution in [3.05, 3.63) is 63.5 Å². The molecule has 0 aliphatic heterocycles. The molecule has 2 N–H and O–H groups in total. The number of hydrogen-bond acceptors (Lipinski definition) is 3. The Labute approximate surface area is 163 Å². The number of carboxylic acids is 1. The predicted molar refractivity (Wildman–Crippen MR) is 103 cm³/mol. The first kappa shape index (κ1) is 19.1. The molecule has 1 unspecified atom stereocenters. The normalized spacial score (nSPS) is 12.3. The Bertz CT molecular complexity index is 1060. The molecular weight excluding hydrogens is 417 g/mol. The summed E-state index contributed by atoms with van der Waals surface area (Å²) in [4.78, 5) is 24.8. The van der Waals surface area contributed by atoms with E-state index in [2.05, 4.69) is 15.9 Å². The fourth-order valence-electron chi connectivity index (χ4n) is 3.37. The number of aliphatic carboxylic acids is 1. The van der Waals surface area contributed by atoms with Crippen LogP contribution in [0.1, 0.15) is 40.9 Å². The molecule has 0 amide bonds. The number of phenolic OH excluding ortho intramolecular Hbond substituents is 1. The van der Waals surface area contributed by atoms with Gasteiger partial charge in [0.25, 0.3) is 5.91 Å². The summed E-state index contributed by atoms with van der Waals surface area (Å²) in [5.74, 6) is -3.78. The Balaban J connectivity index is 2.34. The van der Waals surface area contributed by atoms with Crippen LogP contribution in [-0.4, -0.2) is 26.7 Å². The monoisotopic (exact) mass is 433 g/mol. The number of nitrogens with zero attached hydrogens (tertiary/aromatic N) is 1. The van der Waals surface area contributed by atoms with Crippen LogP contribution in [0.25, 0.3) is 10.9 Å². The van der Waals surface area contributed by atoms with E-state index in [-0.39, 0.29) is 5.52 Å². The second kappa shape index (κ2) is 7.15. The summed E-state index contributed by atoms with van der Waals surface area (Å²) in [5, 5.41) is 19.7. The predicted octanol–water partition coefficient (Wildman–Crippen LogP) is 4.82. The van der Waals surface area contributed by atoms with Crippen molar-refractivity contribution in [1.82, 2.24) is 4.57 Å². The van der Waals surface area contributed by atoms with Gasteiger partial charge in [-0.05, 0) is 49.2 Å². The van der Waals surface area contributed by atoms with E-state index in [9.17, 15) is 24.2 Å². The number of fused-ring (bicyclic) bond motifs is 1. The van der Waals surface area contributed by atoms with Gasteiger partial charge in [0.05, 0.1) is 11.4 Å². The highest BCUT2D eigenvalue weighted by molar-refractivity contribution is 9.10. The van der Waals surface area contributed by atoms with Crippen LogP contribution in [0.15, 0.2) is 40.9 Å². The van der Waals surface area contributed by atoms with Gasteiger partial charge in [0.2, 0.25) is 0 Å². The number of halogens is 2. The fraction of sp³-hybridized carbons (Fsp3) is 0.200. The van der Waals surface area contributed by atoms with Crippen LogP contribution >= 0.6 is 15.9 Å². The van der Waals surface area contributed by atoms with Gasteiger partial charge < -0.3 is 10.2 Å². The highest BCUT2D eigenvalue weighted by Crippen LogP contribution is 2.37. The lowest BCUT2D eigenvalue weighted by molar-refractivity contribution is -0.138. The van der Waals surface area contributed by atoms with Crippen molar-refractivity contribution in [3.8, 4) is 5.75 Å². The summed E-state index contributed by atoms with van der Waals surface area (Å²) in [6.45, 7) is 3.36. The molecule has 3 rings (SSSR count). The minimum Gasteiger partial charge on any atom is -0.505 e. The highest BCUT2D eigenvalue weighted by Gasteiger charge is 2.29. The number of benzene rings is 2. The average Bonchev–Trinajstić information content (AvgIpc) is 2.88. The average molecular weight is 434 g/mol. The highest BCUT2D eigenvalue weighted by atomic mass is 79.9. The smallest absolute Gasteiger partial charge is 0.311 e. The number of phenols is 1. The standard InChI is InChI=1S/C20H17BrFNO4/c1-3-13(20(26)27)18-10(2)23(16-9-15(22)17(24)8-14(16)18)19(25)11-4-6-12(21)7-5-11/h4-9,13,24H,3H2,1-2H3,(H,26,27). The van der Waals surface area contributed by atoms with Gasteiger partial charge in [-0.3, -0.25) is 14.2 Å². The Hall–Kier alpha value is -2.67. The van der Waals surface area contributed by atoms with E-state index in [1.54, 1.807) is 38.1 Å². The Morgan fingerprint density at radius 3 is 2.41 bits per heavy atom. The van der Waals surface area contributed by atoms with Crippen LogP contribution in [-0.2, 0) is 4.79 Å². The lowest BCUT2D eigenvalue weighted by atomic mass is 9.94. The lowest BCUT2D eigenvalue weighted by Crippen LogP contribution is -2.16. The molecule has 3 aromatic rings. The van der Waals surface area contributed by atoms with Gasteiger partial charge in [0.1, 0.15) is 0 Å². The third-order valence-electron chi connectivity index (χ3n) is 4.67. The molecule has 0 spiro atoms. The quantitative estimate of drug-likeness (QED) is 0.617. The summed E-state index contributed by atoms with van der Waals surface area (Å²) >= 11 is 3.31. The van der Waals surface area contributed by atoms with Crippen molar-refractivity contribution < 1.29 is 24.2 Å².